The molecule has 2 N–H and O–H groups in total. The smallest absolute Gasteiger partial charge is 0.225 e. The van der Waals surface area contributed by atoms with Gasteiger partial charge in [0.2, 0.25) is 5.95 Å². The molecule has 0 saturated carbocycles. The van der Waals surface area contributed by atoms with Crippen LogP contribution in [0.4, 0.5) is 19.9 Å². The lowest BCUT2D eigenvalue weighted by atomic mass is 9.94. The molecule has 2 atom stereocenters. The number of rotatable bonds is 6. The molecule has 4 aromatic rings. The summed E-state index contributed by atoms with van der Waals surface area (Å²) in [5.74, 6) is 0.342. The van der Waals surface area contributed by atoms with Gasteiger partial charge >= 0.3 is 0 Å². The van der Waals surface area contributed by atoms with Crippen molar-refractivity contribution in [3.05, 3.63) is 72.1 Å². The van der Waals surface area contributed by atoms with Crippen LogP contribution in [0.3, 0.4) is 0 Å². The zero-order valence-corrected chi connectivity index (χ0v) is 21.1. The molecule has 2 fully saturated rings. The monoisotopic (exact) mass is 522 g/mol. The van der Waals surface area contributed by atoms with Crippen LogP contribution in [-0.4, -0.2) is 53.8 Å². The number of hydrogen-bond acceptors (Lipinski definition) is 8. The third-order valence-corrected chi connectivity index (χ3v) is 8.37. The van der Waals surface area contributed by atoms with Crippen molar-refractivity contribution in [3.63, 3.8) is 0 Å². The van der Waals surface area contributed by atoms with Crippen LogP contribution in [0.15, 0.2) is 54.9 Å². The average molecular weight is 523 g/mol. The number of fused-ring (bicyclic) bond motifs is 1. The molecule has 2 aromatic heterocycles. The Labute approximate surface area is 217 Å². The number of para-hydroxylation sites is 1. The molecule has 2 unspecified atom stereocenters. The van der Waals surface area contributed by atoms with Gasteiger partial charge in [0, 0.05) is 38.1 Å². The Morgan fingerprint density at radius 3 is 2.57 bits per heavy atom. The molecule has 2 saturated heterocycles. The van der Waals surface area contributed by atoms with Gasteiger partial charge in [-0.05, 0) is 54.7 Å². The molecule has 0 spiro atoms. The quantitative estimate of drug-likeness (QED) is 0.397. The van der Waals surface area contributed by atoms with E-state index in [0.29, 0.717) is 42.9 Å². The molecule has 7 nitrogen and oxygen atoms in total. The lowest BCUT2D eigenvalue weighted by Crippen LogP contribution is -2.35. The van der Waals surface area contributed by atoms with E-state index in [0.717, 1.165) is 48.7 Å². The average Bonchev–Trinajstić information content (AvgIpc) is 3.53. The van der Waals surface area contributed by atoms with Crippen LogP contribution < -0.4 is 20.3 Å². The first kappa shape index (κ1) is 24.0. The second-order valence-electron chi connectivity index (χ2n) is 9.77. The minimum atomic E-state index is -0.470. The van der Waals surface area contributed by atoms with Crippen LogP contribution in [-0.2, 0) is 0 Å². The number of anilines is 2. The van der Waals surface area contributed by atoms with E-state index in [9.17, 15) is 8.78 Å². The molecule has 192 valence electrons. The lowest BCUT2D eigenvalue weighted by Gasteiger charge is -2.31. The summed E-state index contributed by atoms with van der Waals surface area (Å²) in [5, 5.41) is 1.09. The number of thiazole rings is 1. The second kappa shape index (κ2) is 10.2. The fourth-order valence-corrected chi connectivity index (χ4v) is 6.18. The van der Waals surface area contributed by atoms with E-state index in [1.807, 2.05) is 11.0 Å². The zero-order chi connectivity index (χ0) is 25.4. The Morgan fingerprint density at radius 2 is 1.78 bits per heavy atom. The summed E-state index contributed by atoms with van der Waals surface area (Å²) in [5.41, 5.74) is 7.62. The number of piperidine rings is 1. The van der Waals surface area contributed by atoms with Gasteiger partial charge in [-0.3, -0.25) is 0 Å². The van der Waals surface area contributed by atoms with Crippen LogP contribution >= 0.6 is 11.3 Å². The third kappa shape index (κ3) is 5.08. The molecule has 0 radical (unpaired) electrons. The van der Waals surface area contributed by atoms with Crippen LogP contribution in [0.5, 0.6) is 5.75 Å². The SMILES string of the molecule is NC1CN(c2ncc(OCC3CCN(c4nc5ccccc5s4)CC3)cn2)CC1c1cc(F)ccc1F. The molecule has 2 aliphatic heterocycles. The number of hydrogen-bond donors (Lipinski definition) is 1. The molecule has 2 aliphatic rings. The first-order valence-corrected chi connectivity index (χ1v) is 13.4. The van der Waals surface area contributed by atoms with Crippen LogP contribution in [0.1, 0.15) is 24.3 Å². The van der Waals surface area contributed by atoms with Crippen LogP contribution in [0, 0.1) is 17.6 Å². The van der Waals surface area contributed by atoms with E-state index in [1.54, 1.807) is 23.7 Å². The van der Waals surface area contributed by atoms with Gasteiger partial charge < -0.3 is 20.3 Å². The highest BCUT2D eigenvalue weighted by Gasteiger charge is 2.34. The van der Waals surface area contributed by atoms with E-state index in [4.69, 9.17) is 15.5 Å². The standard InChI is InChI=1S/C27H28F2N6OS/c28-18-5-6-22(29)20(11-18)21-14-35(15-23(21)30)26-31-12-19(13-32-26)36-16-17-7-9-34(10-8-17)27-33-24-3-1-2-4-25(24)37-27/h1-6,11-13,17,21,23H,7-10,14-16,30H2. The Hall–Kier alpha value is -3.37. The Bertz CT molecular complexity index is 1340. The molecule has 0 bridgehead atoms. The number of nitrogens with zero attached hydrogens (tertiary/aromatic N) is 5. The molecular weight excluding hydrogens is 494 g/mol. The Balaban J connectivity index is 1.01. The van der Waals surface area contributed by atoms with Gasteiger partial charge in [0.1, 0.15) is 11.6 Å². The molecular formula is C27H28F2N6OS. The highest BCUT2D eigenvalue weighted by molar-refractivity contribution is 7.22. The molecule has 6 rings (SSSR count). The molecule has 10 heteroatoms. The maximum absolute atomic E-state index is 14.3. The summed E-state index contributed by atoms with van der Waals surface area (Å²) >= 11 is 1.75. The lowest BCUT2D eigenvalue weighted by molar-refractivity contribution is 0.221. The van der Waals surface area contributed by atoms with Gasteiger partial charge in [-0.2, -0.15) is 0 Å². The third-order valence-electron chi connectivity index (χ3n) is 7.27. The van der Waals surface area contributed by atoms with Crippen molar-refractivity contribution in [2.75, 3.05) is 42.6 Å². The van der Waals surface area contributed by atoms with Crippen molar-refractivity contribution < 1.29 is 13.5 Å². The molecule has 37 heavy (non-hydrogen) atoms. The normalized spacial score (nSPS) is 20.6. The fourth-order valence-electron chi connectivity index (χ4n) is 5.17. The highest BCUT2D eigenvalue weighted by Crippen LogP contribution is 2.33. The van der Waals surface area contributed by atoms with E-state index in [-0.39, 0.29) is 12.0 Å². The maximum Gasteiger partial charge on any atom is 0.225 e. The fraction of sp³-hybridized carbons (Fsp3) is 0.370. The van der Waals surface area contributed by atoms with Crippen molar-refractivity contribution in [1.29, 1.82) is 0 Å². The number of aromatic nitrogens is 3. The Morgan fingerprint density at radius 1 is 1.00 bits per heavy atom. The number of halogens is 2. The van der Waals surface area contributed by atoms with Crippen molar-refractivity contribution in [2.45, 2.75) is 24.8 Å². The molecule has 0 amide bonds. The minimum Gasteiger partial charge on any atom is -0.490 e. The molecule has 0 aliphatic carbocycles. The van der Waals surface area contributed by atoms with Gasteiger partial charge in [-0.1, -0.05) is 23.5 Å². The van der Waals surface area contributed by atoms with Crippen LogP contribution in [0.25, 0.3) is 10.2 Å². The largest absolute Gasteiger partial charge is 0.490 e. The second-order valence-corrected chi connectivity index (χ2v) is 10.8. The Kier molecular flexibility index (Phi) is 6.60. The molecule has 2 aromatic carbocycles. The highest BCUT2D eigenvalue weighted by atomic mass is 32.1. The van der Waals surface area contributed by atoms with E-state index < -0.39 is 11.6 Å². The van der Waals surface area contributed by atoms with Gasteiger partial charge in [0.25, 0.3) is 0 Å². The van der Waals surface area contributed by atoms with Gasteiger partial charge in [0.15, 0.2) is 10.9 Å². The first-order valence-electron chi connectivity index (χ1n) is 12.5. The number of ether oxygens (including phenoxy) is 1. The van der Waals surface area contributed by atoms with Crippen molar-refractivity contribution >= 4 is 32.6 Å². The predicted molar refractivity (Wildman–Crippen MR) is 141 cm³/mol. The minimum absolute atomic E-state index is 0.295. The summed E-state index contributed by atoms with van der Waals surface area (Å²) in [6, 6.07) is 11.4. The number of nitrogens with two attached hydrogens (primary N) is 1. The topological polar surface area (TPSA) is 80.4 Å². The maximum atomic E-state index is 14.3. The van der Waals surface area contributed by atoms with Crippen LogP contribution in [0.2, 0.25) is 0 Å². The van der Waals surface area contributed by atoms with E-state index in [2.05, 4.69) is 33.1 Å². The van der Waals surface area contributed by atoms with E-state index in [1.165, 1.54) is 10.8 Å². The first-order chi connectivity index (χ1) is 18.0. The van der Waals surface area contributed by atoms with Gasteiger partial charge in [0.05, 0.1) is 29.2 Å². The summed E-state index contributed by atoms with van der Waals surface area (Å²) < 4.78 is 35.2. The summed E-state index contributed by atoms with van der Waals surface area (Å²) in [6.07, 6.45) is 5.41. The summed E-state index contributed by atoms with van der Waals surface area (Å²) in [7, 11) is 0. The van der Waals surface area contributed by atoms with Gasteiger partial charge in [-0.15, -0.1) is 0 Å². The van der Waals surface area contributed by atoms with Crippen molar-refractivity contribution in [3.8, 4) is 5.75 Å². The predicted octanol–water partition coefficient (Wildman–Crippen LogP) is 4.59. The van der Waals surface area contributed by atoms with E-state index >= 15 is 0 Å². The van der Waals surface area contributed by atoms with Crippen molar-refractivity contribution in [1.82, 2.24) is 15.0 Å². The summed E-state index contributed by atoms with van der Waals surface area (Å²) in [6.45, 7) is 3.44. The number of benzene rings is 2. The zero-order valence-electron chi connectivity index (χ0n) is 20.3. The van der Waals surface area contributed by atoms with Crippen molar-refractivity contribution in [2.24, 2.45) is 11.7 Å². The summed E-state index contributed by atoms with van der Waals surface area (Å²) in [4.78, 5) is 17.9. The van der Waals surface area contributed by atoms with Gasteiger partial charge in [-0.25, -0.2) is 23.7 Å². The molecule has 4 heterocycles.